The number of carbonyl (C=O) groups is 3. The van der Waals surface area contributed by atoms with Crippen molar-refractivity contribution in [1.29, 1.82) is 0 Å². The monoisotopic (exact) mass is 563 g/mol. The second-order valence-electron chi connectivity index (χ2n) is 11.3. The van der Waals surface area contributed by atoms with E-state index in [9.17, 15) is 14.4 Å². The van der Waals surface area contributed by atoms with E-state index in [1.807, 2.05) is 49.4 Å². The standard InChI is InChI=1S/C31H34ClN3O5/c1-18-11-12-21(16-23(18)32)34-28(36)25-24-13-14-31(40-24)26(25)30(38)35(17-19-7-6-10-22(15-19)39-2)27(31)29(37)33-20-8-4-3-5-9-20/h6-7,10-16,20,24-27H,3-5,8-9,17H2,1-2H3,(H,33,37)(H,34,36)/t24-,25?,26-,27?,31?/m1/s1. The Morgan fingerprint density at radius 1 is 1.12 bits per heavy atom. The SMILES string of the molecule is COc1cccc(CN2C(=O)[C@H]3C(C(=O)Nc4ccc(C)c(Cl)c4)[C@H]4C=CC3(O4)C2C(=O)NC2CCCCC2)c1. The lowest BCUT2D eigenvalue weighted by molar-refractivity contribution is -0.142. The average Bonchev–Trinajstić information content (AvgIpc) is 3.59. The lowest BCUT2D eigenvalue weighted by atomic mass is 9.74. The molecule has 2 saturated heterocycles. The number of methoxy groups -OCH3 is 1. The number of amides is 3. The zero-order valence-electron chi connectivity index (χ0n) is 22.7. The van der Waals surface area contributed by atoms with Gasteiger partial charge in [0.05, 0.1) is 25.0 Å². The van der Waals surface area contributed by atoms with Crippen LogP contribution in [0.15, 0.2) is 54.6 Å². The Morgan fingerprint density at radius 2 is 1.93 bits per heavy atom. The summed E-state index contributed by atoms with van der Waals surface area (Å²) >= 11 is 6.28. The Bertz CT molecular complexity index is 1370. The molecule has 3 fully saturated rings. The quantitative estimate of drug-likeness (QED) is 0.487. The summed E-state index contributed by atoms with van der Waals surface area (Å²) in [6.07, 6.45) is 8.21. The van der Waals surface area contributed by atoms with Crippen LogP contribution in [0, 0.1) is 18.8 Å². The van der Waals surface area contributed by atoms with Crippen LogP contribution in [0.4, 0.5) is 5.69 Å². The van der Waals surface area contributed by atoms with E-state index in [4.69, 9.17) is 21.1 Å². The molecule has 0 aromatic heterocycles. The number of carbonyl (C=O) groups excluding carboxylic acids is 3. The normalized spacial score (nSPS) is 29.0. The third-order valence-corrected chi connectivity index (χ3v) is 9.21. The highest BCUT2D eigenvalue weighted by Gasteiger charge is 2.72. The lowest BCUT2D eigenvalue weighted by Crippen LogP contribution is -2.56. The minimum Gasteiger partial charge on any atom is -0.497 e. The van der Waals surface area contributed by atoms with Crippen LogP contribution in [0.2, 0.25) is 5.02 Å². The third kappa shape index (κ3) is 4.57. The van der Waals surface area contributed by atoms with Crippen LogP contribution < -0.4 is 15.4 Å². The number of halogens is 1. The minimum absolute atomic E-state index is 0.0680. The van der Waals surface area contributed by atoms with Gasteiger partial charge in [-0.05, 0) is 55.2 Å². The molecule has 2 aromatic rings. The van der Waals surface area contributed by atoms with Gasteiger partial charge in [0.25, 0.3) is 0 Å². The minimum atomic E-state index is -1.22. The second kappa shape index (κ2) is 10.6. The largest absolute Gasteiger partial charge is 0.497 e. The van der Waals surface area contributed by atoms with Crippen molar-refractivity contribution in [3.8, 4) is 5.75 Å². The lowest BCUT2D eigenvalue weighted by Gasteiger charge is -2.34. The first kappa shape index (κ1) is 26.8. The molecular weight excluding hydrogens is 530 g/mol. The molecule has 6 rings (SSSR count). The van der Waals surface area contributed by atoms with Crippen LogP contribution in [0.1, 0.15) is 43.2 Å². The van der Waals surface area contributed by atoms with E-state index >= 15 is 0 Å². The smallest absolute Gasteiger partial charge is 0.246 e. The van der Waals surface area contributed by atoms with Crippen LogP contribution in [0.5, 0.6) is 5.75 Å². The summed E-state index contributed by atoms with van der Waals surface area (Å²) in [5, 5.41) is 6.69. The van der Waals surface area contributed by atoms with Gasteiger partial charge in [-0.1, -0.05) is 61.2 Å². The number of nitrogens with one attached hydrogen (secondary N) is 2. The molecule has 2 bridgehead atoms. The van der Waals surface area contributed by atoms with Gasteiger partial charge >= 0.3 is 0 Å². The Labute approximate surface area is 239 Å². The van der Waals surface area contributed by atoms with E-state index < -0.39 is 29.6 Å². The molecular formula is C31H34ClN3O5. The topological polar surface area (TPSA) is 97.0 Å². The highest BCUT2D eigenvalue weighted by Crippen LogP contribution is 2.55. The number of rotatable bonds is 7. The number of benzene rings is 2. The van der Waals surface area contributed by atoms with Crippen molar-refractivity contribution < 1.29 is 23.9 Å². The Morgan fingerprint density at radius 3 is 2.67 bits per heavy atom. The Balaban J connectivity index is 1.32. The summed E-state index contributed by atoms with van der Waals surface area (Å²) in [4.78, 5) is 43.5. The fraction of sp³-hybridized carbons (Fsp3) is 0.452. The predicted molar refractivity (Wildman–Crippen MR) is 151 cm³/mol. The number of nitrogens with zero attached hydrogens (tertiary/aromatic N) is 1. The molecule has 8 nitrogen and oxygen atoms in total. The highest BCUT2D eigenvalue weighted by atomic mass is 35.5. The maximum Gasteiger partial charge on any atom is 0.246 e. The summed E-state index contributed by atoms with van der Waals surface area (Å²) in [6, 6.07) is 11.9. The van der Waals surface area contributed by atoms with Crippen molar-refractivity contribution in [2.45, 2.75) is 69.4 Å². The molecule has 2 aromatic carbocycles. The van der Waals surface area contributed by atoms with Gasteiger partial charge in [-0.2, -0.15) is 0 Å². The molecule has 40 heavy (non-hydrogen) atoms. The van der Waals surface area contributed by atoms with Crippen molar-refractivity contribution in [2.75, 3.05) is 12.4 Å². The second-order valence-corrected chi connectivity index (χ2v) is 11.7. The van der Waals surface area contributed by atoms with Crippen molar-refractivity contribution in [3.63, 3.8) is 0 Å². The fourth-order valence-electron chi connectivity index (χ4n) is 6.83. The van der Waals surface area contributed by atoms with Gasteiger partial charge < -0.3 is 25.0 Å². The first-order chi connectivity index (χ1) is 19.3. The van der Waals surface area contributed by atoms with E-state index in [0.29, 0.717) is 16.5 Å². The summed E-state index contributed by atoms with van der Waals surface area (Å²) in [6.45, 7) is 2.08. The molecule has 0 radical (unpaired) electrons. The fourth-order valence-corrected chi connectivity index (χ4v) is 7.01. The van der Waals surface area contributed by atoms with E-state index in [1.54, 1.807) is 24.1 Å². The summed E-state index contributed by atoms with van der Waals surface area (Å²) in [7, 11) is 1.59. The number of ether oxygens (including phenoxy) is 2. The van der Waals surface area contributed by atoms with Gasteiger partial charge in [-0.15, -0.1) is 0 Å². The highest BCUT2D eigenvalue weighted by molar-refractivity contribution is 6.31. The number of hydrogen-bond donors (Lipinski definition) is 2. The van der Waals surface area contributed by atoms with Gasteiger partial charge in [0.2, 0.25) is 17.7 Å². The molecule has 1 spiro atoms. The van der Waals surface area contributed by atoms with Gasteiger partial charge in [0.15, 0.2) is 0 Å². The van der Waals surface area contributed by atoms with Crippen molar-refractivity contribution in [3.05, 3.63) is 70.8 Å². The third-order valence-electron chi connectivity index (χ3n) is 8.80. The number of hydrogen-bond acceptors (Lipinski definition) is 5. The molecule has 210 valence electrons. The van der Waals surface area contributed by atoms with Gasteiger partial charge in [0.1, 0.15) is 17.4 Å². The molecule has 3 amide bonds. The maximum absolute atomic E-state index is 14.2. The number of anilines is 1. The van der Waals surface area contributed by atoms with Crippen LogP contribution >= 0.6 is 11.6 Å². The number of fused-ring (bicyclic) bond motifs is 1. The molecule has 4 aliphatic rings. The Hall–Kier alpha value is -3.36. The van der Waals surface area contributed by atoms with E-state index in [1.165, 1.54) is 6.42 Å². The van der Waals surface area contributed by atoms with Crippen LogP contribution in [0.3, 0.4) is 0 Å². The molecule has 3 aliphatic heterocycles. The number of aryl methyl sites for hydroxylation is 1. The molecule has 9 heteroatoms. The molecule has 1 saturated carbocycles. The van der Waals surface area contributed by atoms with E-state index in [0.717, 1.165) is 36.8 Å². The Kier molecular flexibility index (Phi) is 7.09. The zero-order valence-corrected chi connectivity index (χ0v) is 23.4. The maximum atomic E-state index is 14.2. The predicted octanol–water partition coefficient (Wildman–Crippen LogP) is 4.40. The van der Waals surface area contributed by atoms with Crippen molar-refractivity contribution >= 4 is 35.0 Å². The first-order valence-electron chi connectivity index (χ1n) is 14.0. The van der Waals surface area contributed by atoms with Crippen LogP contribution in [-0.4, -0.2) is 53.5 Å². The van der Waals surface area contributed by atoms with Gasteiger partial charge in [-0.25, -0.2) is 0 Å². The van der Waals surface area contributed by atoms with E-state index in [2.05, 4.69) is 10.6 Å². The van der Waals surface area contributed by atoms with Gasteiger partial charge in [-0.3, -0.25) is 14.4 Å². The van der Waals surface area contributed by atoms with Gasteiger partial charge in [0, 0.05) is 23.3 Å². The molecule has 3 heterocycles. The van der Waals surface area contributed by atoms with Crippen molar-refractivity contribution in [2.24, 2.45) is 11.8 Å². The van der Waals surface area contributed by atoms with E-state index in [-0.39, 0.29) is 30.3 Å². The molecule has 5 atom stereocenters. The molecule has 3 unspecified atom stereocenters. The molecule has 1 aliphatic carbocycles. The summed E-state index contributed by atoms with van der Waals surface area (Å²) < 4.78 is 11.8. The summed E-state index contributed by atoms with van der Waals surface area (Å²) in [5.41, 5.74) is 1.06. The number of likely N-dealkylation sites (tertiary alicyclic amines) is 1. The zero-order chi connectivity index (χ0) is 28.0. The average molecular weight is 564 g/mol. The summed E-state index contributed by atoms with van der Waals surface area (Å²) in [5.74, 6) is -1.77. The van der Waals surface area contributed by atoms with Crippen molar-refractivity contribution in [1.82, 2.24) is 10.2 Å². The van der Waals surface area contributed by atoms with Crippen LogP contribution in [-0.2, 0) is 25.7 Å². The van der Waals surface area contributed by atoms with Crippen LogP contribution in [0.25, 0.3) is 0 Å². The first-order valence-corrected chi connectivity index (χ1v) is 14.4. The molecule has 2 N–H and O–H groups in total.